The van der Waals surface area contributed by atoms with E-state index in [1.54, 1.807) is 24.3 Å². The molecule has 0 unspecified atom stereocenters. The van der Waals surface area contributed by atoms with Crippen LogP contribution in [0.25, 0.3) is 11.6 Å². The van der Waals surface area contributed by atoms with Crippen molar-refractivity contribution in [1.29, 1.82) is 0 Å². The molecule has 0 saturated heterocycles. The molecule has 0 aliphatic rings. The minimum absolute atomic E-state index is 0.332. The van der Waals surface area contributed by atoms with Crippen LogP contribution >= 0.6 is 11.6 Å². The van der Waals surface area contributed by atoms with E-state index in [-0.39, 0.29) is 5.82 Å². The summed E-state index contributed by atoms with van der Waals surface area (Å²) in [6.07, 6.45) is 2.42. The molecule has 0 fully saturated rings. The van der Waals surface area contributed by atoms with E-state index >= 15 is 0 Å². The SMILES string of the molecule is O=C/C(=C/c1ccccc1Cl)c1ccc(F)cc1. The fourth-order valence-electron chi connectivity index (χ4n) is 1.59. The molecule has 2 aromatic carbocycles. The quantitative estimate of drug-likeness (QED) is 0.459. The van der Waals surface area contributed by atoms with Crippen LogP contribution < -0.4 is 0 Å². The van der Waals surface area contributed by atoms with Gasteiger partial charge in [-0.15, -0.1) is 0 Å². The van der Waals surface area contributed by atoms with Gasteiger partial charge in [0.05, 0.1) is 0 Å². The molecule has 0 aliphatic heterocycles. The summed E-state index contributed by atoms with van der Waals surface area (Å²) in [5, 5.41) is 0.568. The van der Waals surface area contributed by atoms with Gasteiger partial charge in [-0.25, -0.2) is 4.39 Å². The zero-order valence-corrected chi connectivity index (χ0v) is 10.2. The average Bonchev–Trinajstić information content (AvgIpc) is 2.39. The lowest BCUT2D eigenvalue weighted by atomic mass is 10.0. The number of benzene rings is 2. The van der Waals surface area contributed by atoms with E-state index in [0.717, 1.165) is 11.8 Å². The van der Waals surface area contributed by atoms with Gasteiger partial charge < -0.3 is 0 Å². The first kappa shape index (κ1) is 12.5. The molecular weight excluding hydrogens is 251 g/mol. The van der Waals surface area contributed by atoms with Crippen LogP contribution in [0.3, 0.4) is 0 Å². The van der Waals surface area contributed by atoms with Crippen LogP contribution in [0.2, 0.25) is 5.02 Å². The van der Waals surface area contributed by atoms with Crippen molar-refractivity contribution in [2.24, 2.45) is 0 Å². The van der Waals surface area contributed by atoms with E-state index in [1.165, 1.54) is 12.1 Å². The smallest absolute Gasteiger partial charge is 0.150 e. The first-order valence-electron chi connectivity index (χ1n) is 5.38. The second kappa shape index (κ2) is 5.61. The highest BCUT2D eigenvalue weighted by molar-refractivity contribution is 6.32. The molecule has 0 saturated carbocycles. The van der Waals surface area contributed by atoms with Gasteiger partial charge in [-0.1, -0.05) is 41.9 Å². The minimum atomic E-state index is -0.332. The molecule has 0 spiro atoms. The van der Waals surface area contributed by atoms with Crippen molar-refractivity contribution >= 4 is 29.5 Å². The monoisotopic (exact) mass is 260 g/mol. The van der Waals surface area contributed by atoms with E-state index in [4.69, 9.17) is 11.6 Å². The number of carbonyl (C=O) groups excluding carboxylic acids is 1. The lowest BCUT2D eigenvalue weighted by molar-refractivity contribution is -0.103. The van der Waals surface area contributed by atoms with Crippen LogP contribution in [0.5, 0.6) is 0 Å². The lowest BCUT2D eigenvalue weighted by Gasteiger charge is -2.02. The molecule has 0 aliphatic carbocycles. The summed E-state index contributed by atoms with van der Waals surface area (Å²) in [6, 6.07) is 13.0. The second-order valence-corrected chi connectivity index (χ2v) is 4.15. The topological polar surface area (TPSA) is 17.1 Å². The maximum absolute atomic E-state index is 12.8. The standard InChI is InChI=1S/C15H10ClFO/c16-15-4-2-1-3-12(15)9-13(10-18)11-5-7-14(17)8-6-11/h1-10H/b13-9-. The van der Waals surface area contributed by atoms with Gasteiger partial charge in [0.15, 0.2) is 6.29 Å². The van der Waals surface area contributed by atoms with Crippen LogP contribution in [-0.4, -0.2) is 6.29 Å². The number of rotatable bonds is 3. The van der Waals surface area contributed by atoms with Gasteiger partial charge in [-0.3, -0.25) is 4.79 Å². The Morgan fingerprint density at radius 3 is 2.33 bits per heavy atom. The molecule has 0 bridgehead atoms. The Labute approximate surface area is 110 Å². The molecule has 0 aromatic heterocycles. The minimum Gasteiger partial charge on any atom is -0.298 e. The molecule has 18 heavy (non-hydrogen) atoms. The molecule has 0 heterocycles. The second-order valence-electron chi connectivity index (χ2n) is 3.75. The van der Waals surface area contributed by atoms with Crippen LogP contribution in [0.4, 0.5) is 4.39 Å². The van der Waals surface area contributed by atoms with E-state index in [1.807, 2.05) is 18.2 Å². The molecule has 1 nitrogen and oxygen atoms in total. The Morgan fingerprint density at radius 2 is 1.72 bits per heavy atom. The molecule has 2 rings (SSSR count). The summed E-state index contributed by atoms with van der Waals surface area (Å²) in [5.41, 5.74) is 1.88. The molecule has 0 amide bonds. The highest BCUT2D eigenvalue weighted by Crippen LogP contribution is 2.22. The van der Waals surface area contributed by atoms with Crippen LogP contribution in [0, 0.1) is 5.82 Å². The Bertz CT molecular complexity index is 588. The van der Waals surface area contributed by atoms with Crippen molar-refractivity contribution in [3.8, 4) is 0 Å². The molecule has 90 valence electrons. The third-order valence-corrected chi connectivity index (χ3v) is 2.86. The van der Waals surface area contributed by atoms with Crippen molar-refractivity contribution < 1.29 is 9.18 Å². The van der Waals surface area contributed by atoms with E-state index < -0.39 is 0 Å². The third kappa shape index (κ3) is 2.84. The van der Waals surface area contributed by atoms with Gasteiger partial charge in [0.2, 0.25) is 0 Å². The number of allylic oxidation sites excluding steroid dienone is 1. The van der Waals surface area contributed by atoms with Crippen LogP contribution in [0.1, 0.15) is 11.1 Å². The van der Waals surface area contributed by atoms with Crippen molar-refractivity contribution in [2.75, 3.05) is 0 Å². The van der Waals surface area contributed by atoms with Crippen molar-refractivity contribution in [2.45, 2.75) is 0 Å². The van der Waals surface area contributed by atoms with Crippen LogP contribution in [0.15, 0.2) is 48.5 Å². The average molecular weight is 261 g/mol. The van der Waals surface area contributed by atoms with Gasteiger partial charge >= 0.3 is 0 Å². The highest BCUT2D eigenvalue weighted by Gasteiger charge is 2.03. The van der Waals surface area contributed by atoms with E-state index in [9.17, 15) is 9.18 Å². The first-order chi connectivity index (χ1) is 8.70. The molecule has 0 N–H and O–H groups in total. The summed E-state index contributed by atoms with van der Waals surface area (Å²) in [4.78, 5) is 11.1. The Morgan fingerprint density at radius 1 is 1.06 bits per heavy atom. The highest BCUT2D eigenvalue weighted by atomic mass is 35.5. The molecule has 0 atom stereocenters. The maximum Gasteiger partial charge on any atom is 0.150 e. The predicted molar refractivity (Wildman–Crippen MR) is 71.8 cm³/mol. The van der Waals surface area contributed by atoms with Gasteiger partial charge in [-0.05, 0) is 35.4 Å². The normalized spacial score (nSPS) is 11.3. The fourth-order valence-corrected chi connectivity index (χ4v) is 1.78. The third-order valence-electron chi connectivity index (χ3n) is 2.52. The van der Waals surface area contributed by atoms with Crippen molar-refractivity contribution in [3.63, 3.8) is 0 Å². The molecule has 0 radical (unpaired) electrons. The summed E-state index contributed by atoms with van der Waals surface area (Å²) < 4.78 is 12.8. The van der Waals surface area contributed by atoms with Gasteiger partial charge in [-0.2, -0.15) is 0 Å². The Balaban J connectivity index is 2.43. The van der Waals surface area contributed by atoms with Crippen molar-refractivity contribution in [3.05, 3.63) is 70.5 Å². The Kier molecular flexibility index (Phi) is 3.90. The number of halogens is 2. The summed E-state index contributed by atoms with van der Waals surface area (Å²) >= 11 is 6.02. The summed E-state index contributed by atoms with van der Waals surface area (Å²) in [7, 11) is 0. The van der Waals surface area contributed by atoms with E-state index in [2.05, 4.69) is 0 Å². The zero-order valence-electron chi connectivity index (χ0n) is 9.44. The van der Waals surface area contributed by atoms with Gasteiger partial charge in [0, 0.05) is 10.6 Å². The number of carbonyl (C=O) groups is 1. The molecule has 2 aromatic rings. The first-order valence-corrected chi connectivity index (χ1v) is 5.76. The predicted octanol–water partition coefficient (Wildman–Crippen LogP) is 4.22. The number of hydrogen-bond acceptors (Lipinski definition) is 1. The zero-order chi connectivity index (χ0) is 13.0. The number of aldehydes is 1. The van der Waals surface area contributed by atoms with Gasteiger partial charge in [0.1, 0.15) is 5.82 Å². The van der Waals surface area contributed by atoms with E-state index in [0.29, 0.717) is 16.2 Å². The Hall–Kier alpha value is -1.93. The summed E-state index contributed by atoms with van der Waals surface area (Å²) in [5.74, 6) is -0.332. The molecular formula is C15H10ClFO. The lowest BCUT2D eigenvalue weighted by Crippen LogP contribution is -1.87. The summed E-state index contributed by atoms with van der Waals surface area (Å²) in [6.45, 7) is 0. The van der Waals surface area contributed by atoms with Crippen LogP contribution in [-0.2, 0) is 4.79 Å². The molecule has 3 heteroatoms. The number of hydrogen-bond donors (Lipinski definition) is 0. The largest absolute Gasteiger partial charge is 0.298 e. The fraction of sp³-hybridized carbons (Fsp3) is 0. The maximum atomic E-state index is 12.8. The van der Waals surface area contributed by atoms with Crippen molar-refractivity contribution in [1.82, 2.24) is 0 Å². The van der Waals surface area contributed by atoms with Gasteiger partial charge in [0.25, 0.3) is 0 Å².